The highest BCUT2D eigenvalue weighted by Gasteiger charge is 2.27. The molecule has 1 aromatic carbocycles. The SMILES string of the molecule is NC(=O)C1CCN(C(=O)c2ccc(N)cc2N)CC1. The molecule has 2 rings (SSSR count). The lowest BCUT2D eigenvalue weighted by Gasteiger charge is -2.30. The number of amides is 2. The minimum atomic E-state index is -0.293. The minimum absolute atomic E-state index is 0.125. The number of hydrogen-bond donors (Lipinski definition) is 3. The lowest BCUT2D eigenvalue weighted by Crippen LogP contribution is -2.41. The molecule has 2 amide bonds. The number of nitrogens with zero attached hydrogens (tertiary/aromatic N) is 1. The maximum absolute atomic E-state index is 12.3. The van der Waals surface area contributed by atoms with Gasteiger partial charge in [-0.05, 0) is 31.0 Å². The first-order chi connectivity index (χ1) is 8.99. The summed E-state index contributed by atoms with van der Waals surface area (Å²) < 4.78 is 0. The Morgan fingerprint density at radius 2 is 1.79 bits per heavy atom. The lowest BCUT2D eigenvalue weighted by atomic mass is 9.95. The molecule has 0 unspecified atom stereocenters. The number of hydrogen-bond acceptors (Lipinski definition) is 4. The van der Waals surface area contributed by atoms with Crippen LogP contribution < -0.4 is 17.2 Å². The Balaban J connectivity index is 2.07. The molecule has 0 spiro atoms. The van der Waals surface area contributed by atoms with Gasteiger partial charge in [0.25, 0.3) is 5.91 Å². The second-order valence-corrected chi connectivity index (χ2v) is 4.82. The highest BCUT2D eigenvalue weighted by atomic mass is 16.2. The molecule has 0 radical (unpaired) electrons. The Labute approximate surface area is 111 Å². The number of primary amides is 1. The molecule has 1 aromatic rings. The molecule has 102 valence electrons. The van der Waals surface area contributed by atoms with Gasteiger partial charge in [0.05, 0.1) is 5.56 Å². The van der Waals surface area contributed by atoms with Crippen molar-refractivity contribution >= 4 is 23.2 Å². The van der Waals surface area contributed by atoms with Crippen molar-refractivity contribution < 1.29 is 9.59 Å². The van der Waals surface area contributed by atoms with Crippen LogP contribution in [0.2, 0.25) is 0 Å². The van der Waals surface area contributed by atoms with E-state index in [4.69, 9.17) is 17.2 Å². The number of carbonyl (C=O) groups is 2. The van der Waals surface area contributed by atoms with Crippen molar-refractivity contribution in [2.45, 2.75) is 12.8 Å². The van der Waals surface area contributed by atoms with Gasteiger partial charge in [0, 0.05) is 30.4 Å². The zero-order valence-electron chi connectivity index (χ0n) is 10.6. The second-order valence-electron chi connectivity index (χ2n) is 4.82. The number of nitrogens with two attached hydrogens (primary N) is 3. The van der Waals surface area contributed by atoms with Gasteiger partial charge in [-0.2, -0.15) is 0 Å². The Hall–Kier alpha value is -2.24. The molecule has 6 N–H and O–H groups in total. The van der Waals surface area contributed by atoms with Crippen LogP contribution in [-0.2, 0) is 4.79 Å². The molecule has 0 bridgehead atoms. The average Bonchev–Trinajstić information content (AvgIpc) is 2.38. The fourth-order valence-corrected chi connectivity index (χ4v) is 2.31. The second kappa shape index (κ2) is 5.17. The summed E-state index contributed by atoms with van der Waals surface area (Å²) in [5.41, 5.74) is 18.0. The molecule has 0 aromatic heterocycles. The van der Waals surface area contributed by atoms with Gasteiger partial charge in [-0.3, -0.25) is 9.59 Å². The molecular formula is C13H18N4O2. The third-order valence-electron chi connectivity index (χ3n) is 3.49. The maximum atomic E-state index is 12.3. The van der Waals surface area contributed by atoms with Gasteiger partial charge in [-0.1, -0.05) is 0 Å². The third kappa shape index (κ3) is 2.78. The molecule has 6 heteroatoms. The summed E-state index contributed by atoms with van der Waals surface area (Å²) in [6, 6.07) is 4.86. The van der Waals surface area contributed by atoms with E-state index in [0.29, 0.717) is 42.9 Å². The smallest absolute Gasteiger partial charge is 0.255 e. The molecule has 0 atom stereocenters. The number of anilines is 2. The quantitative estimate of drug-likeness (QED) is 0.660. The predicted molar refractivity (Wildman–Crippen MR) is 73.1 cm³/mol. The van der Waals surface area contributed by atoms with Crippen LogP contribution in [-0.4, -0.2) is 29.8 Å². The first-order valence-corrected chi connectivity index (χ1v) is 6.22. The van der Waals surface area contributed by atoms with Crippen molar-refractivity contribution in [1.82, 2.24) is 4.90 Å². The van der Waals surface area contributed by atoms with Crippen molar-refractivity contribution in [2.75, 3.05) is 24.6 Å². The third-order valence-corrected chi connectivity index (χ3v) is 3.49. The Bertz CT molecular complexity index is 507. The summed E-state index contributed by atoms with van der Waals surface area (Å²) in [6.07, 6.45) is 1.21. The van der Waals surface area contributed by atoms with E-state index in [9.17, 15) is 9.59 Å². The molecule has 1 heterocycles. The van der Waals surface area contributed by atoms with E-state index in [1.165, 1.54) is 0 Å². The highest BCUT2D eigenvalue weighted by molar-refractivity contribution is 5.99. The van der Waals surface area contributed by atoms with Gasteiger partial charge in [0.1, 0.15) is 0 Å². The molecule has 1 aliphatic heterocycles. The molecular weight excluding hydrogens is 244 g/mol. The normalized spacial score (nSPS) is 16.3. The average molecular weight is 262 g/mol. The topological polar surface area (TPSA) is 115 Å². The van der Waals surface area contributed by atoms with Crippen LogP contribution in [0.1, 0.15) is 23.2 Å². The largest absolute Gasteiger partial charge is 0.399 e. The molecule has 1 aliphatic rings. The van der Waals surface area contributed by atoms with E-state index in [-0.39, 0.29) is 17.7 Å². The molecule has 19 heavy (non-hydrogen) atoms. The van der Waals surface area contributed by atoms with Crippen LogP contribution in [0.3, 0.4) is 0 Å². The van der Waals surface area contributed by atoms with E-state index >= 15 is 0 Å². The Kier molecular flexibility index (Phi) is 3.59. The maximum Gasteiger partial charge on any atom is 0.255 e. The van der Waals surface area contributed by atoms with Gasteiger partial charge in [-0.15, -0.1) is 0 Å². The van der Waals surface area contributed by atoms with E-state index < -0.39 is 0 Å². The summed E-state index contributed by atoms with van der Waals surface area (Å²) in [4.78, 5) is 25.1. The zero-order chi connectivity index (χ0) is 14.0. The van der Waals surface area contributed by atoms with E-state index in [1.54, 1.807) is 23.1 Å². The summed E-state index contributed by atoms with van der Waals surface area (Å²) in [7, 11) is 0. The molecule has 6 nitrogen and oxygen atoms in total. The van der Waals surface area contributed by atoms with Crippen LogP contribution in [0.15, 0.2) is 18.2 Å². The number of carbonyl (C=O) groups excluding carboxylic acids is 2. The fraction of sp³-hybridized carbons (Fsp3) is 0.385. The van der Waals surface area contributed by atoms with Crippen molar-refractivity contribution in [2.24, 2.45) is 11.7 Å². The fourth-order valence-electron chi connectivity index (χ4n) is 2.31. The van der Waals surface area contributed by atoms with Gasteiger partial charge in [0.2, 0.25) is 5.91 Å². The standard InChI is InChI=1S/C13H18N4O2/c14-9-1-2-10(11(15)7-9)13(19)17-5-3-8(4-6-17)12(16)18/h1-2,7-8H,3-6,14-15H2,(H2,16,18). The van der Waals surface area contributed by atoms with Crippen LogP contribution in [0, 0.1) is 5.92 Å². The van der Waals surface area contributed by atoms with Crippen LogP contribution in [0.5, 0.6) is 0 Å². The lowest BCUT2D eigenvalue weighted by molar-refractivity contribution is -0.123. The van der Waals surface area contributed by atoms with Crippen LogP contribution >= 0.6 is 0 Å². The molecule has 1 fully saturated rings. The van der Waals surface area contributed by atoms with Gasteiger partial charge in [0.15, 0.2) is 0 Å². The monoisotopic (exact) mass is 262 g/mol. The van der Waals surface area contributed by atoms with Gasteiger partial charge < -0.3 is 22.1 Å². The first-order valence-electron chi connectivity index (χ1n) is 6.22. The number of rotatable bonds is 2. The summed E-state index contributed by atoms with van der Waals surface area (Å²) in [5, 5.41) is 0. The van der Waals surface area contributed by atoms with E-state index in [1.807, 2.05) is 0 Å². The van der Waals surface area contributed by atoms with Crippen molar-refractivity contribution in [3.05, 3.63) is 23.8 Å². The van der Waals surface area contributed by atoms with Gasteiger partial charge >= 0.3 is 0 Å². The molecule has 0 saturated carbocycles. The zero-order valence-corrected chi connectivity index (χ0v) is 10.6. The number of likely N-dealkylation sites (tertiary alicyclic amines) is 1. The molecule has 0 aliphatic carbocycles. The number of benzene rings is 1. The highest BCUT2D eigenvalue weighted by Crippen LogP contribution is 2.22. The van der Waals surface area contributed by atoms with E-state index in [0.717, 1.165) is 0 Å². The van der Waals surface area contributed by atoms with Gasteiger partial charge in [-0.25, -0.2) is 0 Å². The Morgan fingerprint density at radius 1 is 1.16 bits per heavy atom. The summed E-state index contributed by atoms with van der Waals surface area (Å²) >= 11 is 0. The first kappa shape index (κ1) is 13.2. The van der Waals surface area contributed by atoms with Crippen LogP contribution in [0.25, 0.3) is 0 Å². The number of piperidine rings is 1. The Morgan fingerprint density at radius 3 is 2.32 bits per heavy atom. The summed E-state index contributed by atoms with van der Waals surface area (Å²) in [5.74, 6) is -0.549. The van der Waals surface area contributed by atoms with Crippen molar-refractivity contribution in [3.63, 3.8) is 0 Å². The summed E-state index contributed by atoms with van der Waals surface area (Å²) in [6.45, 7) is 1.05. The van der Waals surface area contributed by atoms with Crippen LogP contribution in [0.4, 0.5) is 11.4 Å². The minimum Gasteiger partial charge on any atom is -0.399 e. The molecule has 1 saturated heterocycles. The van der Waals surface area contributed by atoms with Crippen molar-refractivity contribution in [1.29, 1.82) is 0 Å². The van der Waals surface area contributed by atoms with Crippen molar-refractivity contribution in [3.8, 4) is 0 Å². The number of nitrogen functional groups attached to an aromatic ring is 2. The van der Waals surface area contributed by atoms with E-state index in [2.05, 4.69) is 0 Å². The predicted octanol–water partition coefficient (Wildman–Crippen LogP) is 0.188.